The molecule has 4 atom stereocenters. The van der Waals surface area contributed by atoms with Gasteiger partial charge in [0.15, 0.2) is 6.26 Å². The predicted molar refractivity (Wildman–Crippen MR) is 82.5 cm³/mol. The molecule has 0 bridgehead atoms. The third-order valence-electron chi connectivity index (χ3n) is 4.52. The minimum absolute atomic E-state index is 0.0588. The molecule has 0 aromatic rings. The fourth-order valence-electron chi connectivity index (χ4n) is 2.89. The van der Waals surface area contributed by atoms with E-state index in [1.807, 2.05) is 21.0 Å². The fourth-order valence-corrected chi connectivity index (χ4v) is 2.89. The SMILES string of the molecule is [CH+]=C(/C=C/OC(=C)C1C(C)C(C)CC[C@]1(C)O)N(C)C. The Morgan fingerprint density at radius 3 is 2.60 bits per heavy atom. The summed E-state index contributed by atoms with van der Waals surface area (Å²) in [6.45, 7) is 16.0. The highest BCUT2D eigenvalue weighted by atomic mass is 16.5. The molecule has 0 amide bonds. The first-order valence-electron chi connectivity index (χ1n) is 7.21. The van der Waals surface area contributed by atoms with Gasteiger partial charge in [0.2, 0.25) is 0 Å². The molecule has 1 saturated carbocycles. The summed E-state index contributed by atoms with van der Waals surface area (Å²) in [5.74, 6) is 1.45. The van der Waals surface area contributed by atoms with Crippen LogP contribution in [0.25, 0.3) is 0 Å². The molecule has 3 heteroatoms. The minimum Gasteiger partial charge on any atom is -0.449 e. The zero-order valence-electron chi connectivity index (χ0n) is 13.4. The summed E-state index contributed by atoms with van der Waals surface area (Å²) >= 11 is 0. The molecule has 1 rings (SSSR count). The summed E-state index contributed by atoms with van der Waals surface area (Å²) in [6.07, 6.45) is 5.05. The van der Waals surface area contributed by atoms with E-state index in [1.54, 1.807) is 17.2 Å². The van der Waals surface area contributed by atoms with E-state index in [2.05, 4.69) is 20.4 Å². The number of allylic oxidation sites excluding steroid dienone is 1. The first kappa shape index (κ1) is 16.7. The summed E-state index contributed by atoms with van der Waals surface area (Å²) in [7, 11) is 3.73. The lowest BCUT2D eigenvalue weighted by atomic mass is 9.65. The van der Waals surface area contributed by atoms with Gasteiger partial charge in [0.1, 0.15) is 11.8 Å². The number of rotatable bonds is 5. The van der Waals surface area contributed by atoms with Crippen LogP contribution >= 0.6 is 0 Å². The molecular weight excluding hydrogens is 250 g/mol. The van der Waals surface area contributed by atoms with Crippen molar-refractivity contribution in [3.8, 4) is 0 Å². The molecule has 0 heterocycles. The Kier molecular flexibility index (Phi) is 5.38. The van der Waals surface area contributed by atoms with Gasteiger partial charge in [0.25, 0.3) is 5.70 Å². The lowest BCUT2D eigenvalue weighted by Gasteiger charge is -2.44. The molecule has 3 unspecified atom stereocenters. The van der Waals surface area contributed by atoms with Crippen LogP contribution in [0.2, 0.25) is 0 Å². The van der Waals surface area contributed by atoms with Crippen molar-refractivity contribution in [2.24, 2.45) is 17.8 Å². The highest BCUT2D eigenvalue weighted by Gasteiger charge is 2.44. The van der Waals surface area contributed by atoms with E-state index in [4.69, 9.17) is 11.3 Å². The Balaban J connectivity index is 2.71. The van der Waals surface area contributed by atoms with E-state index >= 15 is 0 Å². The molecule has 112 valence electrons. The first-order valence-corrected chi connectivity index (χ1v) is 7.21. The van der Waals surface area contributed by atoms with Gasteiger partial charge in [-0.05, 0) is 31.6 Å². The van der Waals surface area contributed by atoms with Gasteiger partial charge in [-0.25, -0.2) is 0 Å². The van der Waals surface area contributed by atoms with Crippen LogP contribution in [0.15, 0.2) is 30.4 Å². The normalized spacial score (nSPS) is 34.0. The second-order valence-electron chi connectivity index (χ2n) is 6.42. The Morgan fingerprint density at radius 1 is 1.45 bits per heavy atom. The van der Waals surface area contributed by atoms with Crippen LogP contribution in [0.3, 0.4) is 0 Å². The fraction of sp³-hybridized carbons (Fsp3) is 0.647. The van der Waals surface area contributed by atoms with Crippen LogP contribution in [0.1, 0.15) is 33.6 Å². The zero-order chi connectivity index (χ0) is 15.5. The third kappa shape index (κ3) is 3.84. The van der Waals surface area contributed by atoms with Crippen LogP contribution in [0.4, 0.5) is 0 Å². The summed E-state index contributed by atoms with van der Waals surface area (Å²) in [6, 6.07) is 0. The summed E-state index contributed by atoms with van der Waals surface area (Å²) < 4.78 is 5.59. The molecule has 0 spiro atoms. The second kappa shape index (κ2) is 6.43. The standard InChI is InChI=1S/C17H28NO2/c1-12-8-10-17(5,19)16(14(12)3)15(4)20-11-9-13(2)18(6)7/h2,9,11-12,14,16,19H,4,8,10H2,1,3,5-7H3/q+1/b11-9+/t12?,14?,16?,17-/m0/s1. The smallest absolute Gasteiger partial charge is 0.258 e. The van der Waals surface area contributed by atoms with E-state index in [0.29, 0.717) is 23.3 Å². The van der Waals surface area contributed by atoms with Crippen LogP contribution in [-0.2, 0) is 4.74 Å². The molecule has 1 N–H and O–H groups in total. The summed E-state index contributed by atoms with van der Waals surface area (Å²) in [5.41, 5.74) is -0.150. The van der Waals surface area contributed by atoms with Gasteiger partial charge in [0, 0.05) is 20.0 Å². The van der Waals surface area contributed by atoms with E-state index in [0.717, 1.165) is 12.8 Å². The largest absolute Gasteiger partial charge is 0.449 e. The molecule has 0 radical (unpaired) electrons. The highest BCUT2D eigenvalue weighted by Crippen LogP contribution is 2.44. The maximum Gasteiger partial charge on any atom is 0.258 e. The Bertz CT molecular complexity index is 396. The van der Waals surface area contributed by atoms with Gasteiger partial charge < -0.3 is 14.7 Å². The van der Waals surface area contributed by atoms with Crippen molar-refractivity contribution in [3.05, 3.63) is 37.0 Å². The number of nitrogens with zero attached hydrogens (tertiary/aromatic N) is 1. The van der Waals surface area contributed by atoms with Gasteiger partial charge in [-0.3, -0.25) is 0 Å². The minimum atomic E-state index is -0.756. The van der Waals surface area contributed by atoms with Crippen molar-refractivity contribution in [3.63, 3.8) is 0 Å². The van der Waals surface area contributed by atoms with Gasteiger partial charge in [-0.1, -0.05) is 20.4 Å². The summed E-state index contributed by atoms with van der Waals surface area (Å²) in [4.78, 5) is 1.80. The van der Waals surface area contributed by atoms with Crippen molar-refractivity contribution in [1.82, 2.24) is 4.90 Å². The average molecular weight is 278 g/mol. The van der Waals surface area contributed by atoms with Crippen molar-refractivity contribution in [2.75, 3.05) is 14.1 Å². The molecule has 0 saturated heterocycles. The molecule has 0 aromatic carbocycles. The van der Waals surface area contributed by atoms with Crippen LogP contribution in [0.5, 0.6) is 0 Å². The van der Waals surface area contributed by atoms with Gasteiger partial charge >= 0.3 is 0 Å². The lowest BCUT2D eigenvalue weighted by Crippen LogP contribution is -2.45. The Morgan fingerprint density at radius 2 is 2.05 bits per heavy atom. The lowest BCUT2D eigenvalue weighted by molar-refractivity contribution is -0.0704. The summed E-state index contributed by atoms with van der Waals surface area (Å²) in [5, 5.41) is 10.6. The van der Waals surface area contributed by atoms with E-state index in [1.165, 1.54) is 0 Å². The molecule has 0 aromatic heterocycles. The second-order valence-corrected chi connectivity index (χ2v) is 6.42. The number of ether oxygens (including phenoxy) is 1. The molecule has 3 nitrogen and oxygen atoms in total. The highest BCUT2D eigenvalue weighted by molar-refractivity contribution is 5.11. The molecular formula is C17H28NO2+. The monoisotopic (exact) mass is 278 g/mol. The number of hydrogen-bond acceptors (Lipinski definition) is 3. The number of hydrogen-bond donors (Lipinski definition) is 1. The van der Waals surface area contributed by atoms with Gasteiger partial charge in [0.05, 0.1) is 12.2 Å². The third-order valence-corrected chi connectivity index (χ3v) is 4.52. The maximum atomic E-state index is 10.6. The Hall–Kier alpha value is -1.31. The van der Waals surface area contributed by atoms with Crippen molar-refractivity contribution in [1.29, 1.82) is 0 Å². The Labute approximate surface area is 123 Å². The van der Waals surface area contributed by atoms with Gasteiger partial charge in [-0.15, -0.1) is 0 Å². The van der Waals surface area contributed by atoms with Crippen LogP contribution < -0.4 is 0 Å². The maximum absolute atomic E-state index is 10.6. The average Bonchev–Trinajstić information content (AvgIpc) is 2.34. The molecule has 20 heavy (non-hydrogen) atoms. The van der Waals surface area contributed by atoms with Crippen LogP contribution in [-0.4, -0.2) is 29.7 Å². The topological polar surface area (TPSA) is 32.7 Å². The predicted octanol–water partition coefficient (Wildman–Crippen LogP) is 3.34. The van der Waals surface area contributed by atoms with E-state index < -0.39 is 5.60 Å². The van der Waals surface area contributed by atoms with Crippen molar-refractivity contribution >= 4 is 0 Å². The molecule has 1 fully saturated rings. The van der Waals surface area contributed by atoms with E-state index in [-0.39, 0.29) is 5.92 Å². The molecule has 1 aliphatic carbocycles. The van der Waals surface area contributed by atoms with Crippen LogP contribution in [0, 0.1) is 24.3 Å². The molecule has 0 aliphatic heterocycles. The number of aliphatic hydroxyl groups is 1. The molecule has 1 aliphatic rings. The number of likely N-dealkylation sites (N-methyl/N-ethyl adjacent to an activating group) is 1. The quantitative estimate of drug-likeness (QED) is 0.475. The zero-order valence-corrected chi connectivity index (χ0v) is 13.4. The van der Waals surface area contributed by atoms with E-state index in [9.17, 15) is 5.11 Å². The van der Waals surface area contributed by atoms with Crippen molar-refractivity contribution < 1.29 is 9.84 Å². The van der Waals surface area contributed by atoms with Crippen molar-refractivity contribution in [2.45, 2.75) is 39.2 Å². The van der Waals surface area contributed by atoms with Gasteiger partial charge in [-0.2, -0.15) is 0 Å². The first-order chi connectivity index (χ1) is 9.16.